The van der Waals surface area contributed by atoms with E-state index >= 15 is 0 Å². The molecule has 10 nitrogen and oxygen atoms in total. The van der Waals surface area contributed by atoms with Crippen LogP contribution < -0.4 is 16.0 Å². The monoisotopic (exact) mass is 409 g/mol. The van der Waals surface area contributed by atoms with E-state index in [-0.39, 0.29) is 12.5 Å². The predicted molar refractivity (Wildman–Crippen MR) is 109 cm³/mol. The zero-order chi connectivity index (χ0) is 20.9. The number of amides is 1. The standard InChI is InChI=1S/C20H23N7O3/c1-11-4-3-5-12(6-11)7-22-16-14-17(25-9-24-16)27(10-26-14)18-13-15(28)20(30-18,8-23-13)19(29)21-2/h3-6,9-10,13,15,18,23,28H,7-8H2,1-2H3,(H,21,29)(H,22,24,25)/t13?,15?,18-,20+/m0/s1. The third-order valence-electron chi connectivity index (χ3n) is 5.84. The van der Waals surface area contributed by atoms with E-state index in [4.69, 9.17) is 4.74 Å². The second kappa shape index (κ2) is 7.01. The number of anilines is 1. The molecule has 1 aromatic carbocycles. The fourth-order valence-electron chi connectivity index (χ4n) is 4.32. The Morgan fingerprint density at radius 2 is 2.27 bits per heavy atom. The summed E-state index contributed by atoms with van der Waals surface area (Å²) in [6.45, 7) is 2.90. The summed E-state index contributed by atoms with van der Waals surface area (Å²) in [7, 11) is 1.53. The average Bonchev–Trinajstić information content (AvgIpc) is 3.42. The number of aliphatic hydroxyl groups excluding tert-OH is 1. The molecule has 30 heavy (non-hydrogen) atoms. The zero-order valence-electron chi connectivity index (χ0n) is 16.7. The first-order valence-corrected chi connectivity index (χ1v) is 9.82. The van der Waals surface area contributed by atoms with Gasteiger partial charge >= 0.3 is 0 Å². The Bertz CT molecular complexity index is 1120. The lowest BCUT2D eigenvalue weighted by atomic mass is 9.98. The Kier molecular flexibility index (Phi) is 4.42. The van der Waals surface area contributed by atoms with Gasteiger partial charge in [0.2, 0.25) is 0 Å². The molecule has 2 aliphatic heterocycles. The van der Waals surface area contributed by atoms with Gasteiger partial charge in [-0.2, -0.15) is 0 Å². The first kappa shape index (κ1) is 18.9. The van der Waals surface area contributed by atoms with Crippen molar-refractivity contribution in [3.05, 3.63) is 48.0 Å². The molecule has 10 heteroatoms. The smallest absolute Gasteiger partial charge is 0.256 e. The van der Waals surface area contributed by atoms with Gasteiger partial charge in [0.1, 0.15) is 12.4 Å². The van der Waals surface area contributed by atoms with E-state index in [1.54, 1.807) is 10.9 Å². The molecule has 4 heterocycles. The van der Waals surface area contributed by atoms with Gasteiger partial charge in [0, 0.05) is 20.1 Å². The normalized spacial score (nSPS) is 27.5. The van der Waals surface area contributed by atoms with Crippen LogP contribution in [0.4, 0.5) is 5.82 Å². The SMILES string of the molecule is CNC(=O)[C@@]12CNC(C1O)[C@@H](n1cnc3c(NCc4cccc(C)c4)ncnc31)O2. The summed E-state index contributed by atoms with van der Waals surface area (Å²) in [5.41, 5.74) is 2.17. The number of aryl methyl sites for hydroxylation is 1. The highest BCUT2D eigenvalue weighted by molar-refractivity contribution is 5.87. The maximum Gasteiger partial charge on any atom is 0.256 e. The van der Waals surface area contributed by atoms with E-state index in [1.807, 2.05) is 12.1 Å². The van der Waals surface area contributed by atoms with Crippen LogP contribution in [0, 0.1) is 6.92 Å². The van der Waals surface area contributed by atoms with Crippen molar-refractivity contribution >= 4 is 22.9 Å². The van der Waals surface area contributed by atoms with E-state index in [1.165, 1.54) is 18.9 Å². The highest BCUT2D eigenvalue weighted by Crippen LogP contribution is 2.42. The molecule has 1 amide bonds. The van der Waals surface area contributed by atoms with Crippen LogP contribution in [0.15, 0.2) is 36.9 Å². The molecule has 2 aromatic heterocycles. The molecule has 156 valence electrons. The third kappa shape index (κ3) is 2.76. The minimum atomic E-state index is -1.32. The van der Waals surface area contributed by atoms with Crippen molar-refractivity contribution in [2.24, 2.45) is 0 Å². The number of imidazole rings is 1. The summed E-state index contributed by atoms with van der Waals surface area (Å²) in [6.07, 6.45) is 1.48. The summed E-state index contributed by atoms with van der Waals surface area (Å²) < 4.78 is 7.80. The fraction of sp³-hybridized carbons (Fsp3) is 0.400. The minimum Gasteiger partial charge on any atom is -0.388 e. The molecule has 2 saturated heterocycles. The lowest BCUT2D eigenvalue weighted by molar-refractivity contribution is -0.158. The van der Waals surface area contributed by atoms with Crippen LogP contribution >= 0.6 is 0 Å². The molecule has 2 bridgehead atoms. The number of ether oxygens (including phenoxy) is 1. The number of morpholine rings is 1. The second-order valence-corrected chi connectivity index (χ2v) is 7.72. The van der Waals surface area contributed by atoms with Gasteiger partial charge in [-0.15, -0.1) is 0 Å². The fourth-order valence-corrected chi connectivity index (χ4v) is 4.32. The van der Waals surface area contributed by atoms with Crippen molar-refractivity contribution in [3.8, 4) is 0 Å². The Labute approximate surface area is 172 Å². The molecular weight excluding hydrogens is 386 g/mol. The van der Waals surface area contributed by atoms with E-state index in [0.717, 1.165) is 5.56 Å². The van der Waals surface area contributed by atoms with Crippen LogP contribution in [0.5, 0.6) is 0 Å². The minimum absolute atomic E-state index is 0.250. The number of rotatable bonds is 5. The van der Waals surface area contributed by atoms with Gasteiger partial charge in [-0.3, -0.25) is 9.36 Å². The van der Waals surface area contributed by atoms with Crippen molar-refractivity contribution in [2.75, 3.05) is 18.9 Å². The van der Waals surface area contributed by atoms with E-state index in [2.05, 4.69) is 50.0 Å². The van der Waals surface area contributed by atoms with Crippen molar-refractivity contribution in [1.82, 2.24) is 30.2 Å². The summed E-state index contributed by atoms with van der Waals surface area (Å²) in [5, 5.41) is 19.8. The molecule has 5 rings (SSSR count). The largest absolute Gasteiger partial charge is 0.388 e. The van der Waals surface area contributed by atoms with Crippen LogP contribution in [-0.4, -0.2) is 61.9 Å². The van der Waals surface area contributed by atoms with Crippen molar-refractivity contribution < 1.29 is 14.6 Å². The molecule has 2 unspecified atom stereocenters. The summed E-state index contributed by atoms with van der Waals surface area (Å²) in [5.74, 6) is 0.255. The maximum atomic E-state index is 12.4. The molecule has 2 aliphatic rings. The lowest BCUT2D eigenvalue weighted by Crippen LogP contribution is -2.54. The molecule has 4 N–H and O–H groups in total. The molecule has 0 radical (unpaired) electrons. The van der Waals surface area contributed by atoms with Crippen molar-refractivity contribution in [3.63, 3.8) is 0 Å². The van der Waals surface area contributed by atoms with Crippen LogP contribution in [0.3, 0.4) is 0 Å². The topological polar surface area (TPSA) is 126 Å². The number of aliphatic hydroxyl groups is 1. The number of nitrogens with zero attached hydrogens (tertiary/aromatic N) is 4. The summed E-state index contributed by atoms with van der Waals surface area (Å²) in [4.78, 5) is 25.6. The predicted octanol–water partition coefficient (Wildman–Crippen LogP) is 0.0931. The molecule has 0 aliphatic carbocycles. The first-order chi connectivity index (χ1) is 14.5. The van der Waals surface area contributed by atoms with Gasteiger partial charge in [0.05, 0.1) is 12.4 Å². The highest BCUT2D eigenvalue weighted by atomic mass is 16.6. The lowest BCUT2D eigenvalue weighted by Gasteiger charge is -2.30. The maximum absolute atomic E-state index is 12.4. The van der Waals surface area contributed by atoms with E-state index in [0.29, 0.717) is 23.5 Å². The number of fused-ring (bicyclic) bond motifs is 3. The first-order valence-electron chi connectivity index (χ1n) is 9.82. The number of nitrogens with one attached hydrogen (secondary N) is 3. The van der Waals surface area contributed by atoms with Gasteiger partial charge in [-0.05, 0) is 12.5 Å². The number of carbonyl (C=O) groups is 1. The summed E-state index contributed by atoms with van der Waals surface area (Å²) >= 11 is 0. The summed E-state index contributed by atoms with van der Waals surface area (Å²) in [6, 6.07) is 7.78. The molecule has 2 fully saturated rings. The number of hydrogen-bond donors (Lipinski definition) is 4. The van der Waals surface area contributed by atoms with Gasteiger partial charge < -0.3 is 25.8 Å². The highest BCUT2D eigenvalue weighted by Gasteiger charge is 2.64. The van der Waals surface area contributed by atoms with Crippen LogP contribution in [-0.2, 0) is 16.1 Å². The average molecular weight is 409 g/mol. The van der Waals surface area contributed by atoms with E-state index < -0.39 is 24.0 Å². The second-order valence-electron chi connectivity index (χ2n) is 7.72. The number of carbonyl (C=O) groups excluding carboxylic acids is 1. The number of aromatic nitrogens is 4. The quantitative estimate of drug-likeness (QED) is 0.467. The van der Waals surface area contributed by atoms with Crippen molar-refractivity contribution in [1.29, 1.82) is 0 Å². The Hall–Kier alpha value is -3.08. The van der Waals surface area contributed by atoms with Gasteiger partial charge in [-0.25, -0.2) is 15.0 Å². The van der Waals surface area contributed by atoms with Gasteiger partial charge in [-0.1, -0.05) is 29.8 Å². The van der Waals surface area contributed by atoms with Crippen LogP contribution in [0.25, 0.3) is 11.2 Å². The molecule has 3 aromatic rings. The third-order valence-corrected chi connectivity index (χ3v) is 5.84. The number of benzene rings is 1. The van der Waals surface area contributed by atoms with E-state index in [9.17, 15) is 9.90 Å². The zero-order valence-corrected chi connectivity index (χ0v) is 16.7. The Balaban J connectivity index is 1.44. The molecule has 4 atom stereocenters. The number of likely N-dealkylation sites (N-methyl/N-ethyl adjacent to an activating group) is 1. The Morgan fingerprint density at radius 3 is 3.07 bits per heavy atom. The number of hydrogen-bond acceptors (Lipinski definition) is 8. The van der Waals surface area contributed by atoms with Gasteiger partial charge in [0.25, 0.3) is 5.91 Å². The van der Waals surface area contributed by atoms with Gasteiger partial charge in [0.15, 0.2) is 28.8 Å². The van der Waals surface area contributed by atoms with Crippen LogP contribution in [0.2, 0.25) is 0 Å². The molecule has 0 spiro atoms. The van der Waals surface area contributed by atoms with Crippen LogP contribution in [0.1, 0.15) is 17.4 Å². The van der Waals surface area contributed by atoms with Crippen molar-refractivity contribution in [2.45, 2.75) is 37.4 Å². The Morgan fingerprint density at radius 1 is 1.40 bits per heavy atom. The molecule has 0 saturated carbocycles. The molecular formula is C20H23N7O3.